The van der Waals surface area contributed by atoms with Gasteiger partial charge in [0.05, 0.1) is 12.1 Å². The van der Waals surface area contributed by atoms with Crippen LogP contribution in [0.3, 0.4) is 0 Å². The molecule has 0 bridgehead atoms. The molecular formula is C14H22N4O2. The number of aromatic nitrogens is 2. The van der Waals surface area contributed by atoms with Crippen LogP contribution >= 0.6 is 0 Å². The molecule has 2 rings (SSSR count). The van der Waals surface area contributed by atoms with Crippen molar-refractivity contribution in [3.05, 3.63) is 18.5 Å². The van der Waals surface area contributed by atoms with Crippen LogP contribution in [0.15, 0.2) is 18.5 Å². The molecule has 0 radical (unpaired) electrons. The highest BCUT2D eigenvalue weighted by Crippen LogP contribution is 2.26. The number of carbonyl (C=O) groups excluding carboxylic acids is 1. The number of ether oxygens (including phenoxy) is 1. The van der Waals surface area contributed by atoms with Crippen molar-refractivity contribution in [1.29, 1.82) is 0 Å². The number of anilines is 1. The summed E-state index contributed by atoms with van der Waals surface area (Å²) >= 11 is 0. The molecule has 6 heteroatoms. The lowest BCUT2D eigenvalue weighted by molar-refractivity contribution is -0.161. The molecule has 0 saturated carbocycles. The lowest BCUT2D eigenvalue weighted by Gasteiger charge is -2.38. The summed E-state index contributed by atoms with van der Waals surface area (Å²) in [4.78, 5) is 22.5. The number of carbonyl (C=O) groups is 1. The average Bonchev–Trinajstić information content (AvgIpc) is 2.38. The van der Waals surface area contributed by atoms with Gasteiger partial charge in [-0.15, -0.1) is 0 Å². The third-order valence-corrected chi connectivity index (χ3v) is 3.20. The molecule has 2 N–H and O–H groups in total. The highest BCUT2D eigenvalue weighted by molar-refractivity contribution is 5.74. The maximum absolute atomic E-state index is 12.2. The van der Waals surface area contributed by atoms with E-state index in [0.29, 0.717) is 5.95 Å². The number of rotatable bonds is 2. The van der Waals surface area contributed by atoms with Crippen LogP contribution in [0.1, 0.15) is 33.6 Å². The molecule has 1 aliphatic rings. The molecule has 2 unspecified atom stereocenters. The standard InChI is InChI=1S/C14H22N4O2/c1-14(2,3)20-12(19)10-6-4-9-18(11(10)15)13-16-7-5-8-17-13/h5,7-8,10-11H,4,6,9,15H2,1-3H3. The van der Waals surface area contributed by atoms with Crippen molar-refractivity contribution in [3.8, 4) is 0 Å². The van der Waals surface area contributed by atoms with Gasteiger partial charge in [-0.1, -0.05) is 0 Å². The minimum absolute atomic E-state index is 0.245. The largest absolute Gasteiger partial charge is 0.460 e. The van der Waals surface area contributed by atoms with Crippen LogP contribution in [-0.2, 0) is 9.53 Å². The molecule has 0 aromatic carbocycles. The third kappa shape index (κ3) is 3.45. The van der Waals surface area contributed by atoms with Crippen molar-refractivity contribution in [1.82, 2.24) is 9.97 Å². The second-order valence-corrected chi connectivity index (χ2v) is 6.01. The number of nitrogens with two attached hydrogens (primary N) is 1. The summed E-state index contributed by atoms with van der Waals surface area (Å²) in [6.07, 6.45) is 4.51. The fraction of sp³-hybridized carbons (Fsp3) is 0.643. The first-order valence-electron chi connectivity index (χ1n) is 6.90. The Kier molecular flexibility index (Phi) is 4.23. The molecule has 1 aromatic rings. The Bertz CT molecular complexity index is 458. The zero-order valence-corrected chi connectivity index (χ0v) is 12.2. The lowest BCUT2D eigenvalue weighted by Crippen LogP contribution is -2.55. The van der Waals surface area contributed by atoms with E-state index in [0.717, 1.165) is 19.4 Å². The fourth-order valence-electron chi connectivity index (χ4n) is 2.33. The third-order valence-electron chi connectivity index (χ3n) is 3.20. The number of hydrogen-bond donors (Lipinski definition) is 1. The van der Waals surface area contributed by atoms with Gasteiger partial charge >= 0.3 is 5.97 Å². The molecule has 1 saturated heterocycles. The second kappa shape index (κ2) is 5.75. The van der Waals surface area contributed by atoms with E-state index in [4.69, 9.17) is 10.5 Å². The first-order chi connectivity index (χ1) is 9.38. The maximum Gasteiger partial charge on any atom is 0.312 e. The van der Waals surface area contributed by atoms with E-state index in [-0.39, 0.29) is 11.9 Å². The minimum Gasteiger partial charge on any atom is -0.460 e. The maximum atomic E-state index is 12.2. The van der Waals surface area contributed by atoms with Crippen LogP contribution in [-0.4, -0.2) is 34.2 Å². The molecular weight excluding hydrogens is 256 g/mol. The first-order valence-corrected chi connectivity index (χ1v) is 6.90. The summed E-state index contributed by atoms with van der Waals surface area (Å²) in [7, 11) is 0. The molecule has 2 heterocycles. The molecule has 20 heavy (non-hydrogen) atoms. The van der Waals surface area contributed by atoms with E-state index in [9.17, 15) is 4.79 Å². The van der Waals surface area contributed by atoms with Gasteiger partial charge in [0.2, 0.25) is 5.95 Å². The smallest absolute Gasteiger partial charge is 0.312 e. The summed E-state index contributed by atoms with van der Waals surface area (Å²) in [5.74, 6) is -0.0225. The Morgan fingerprint density at radius 2 is 2.05 bits per heavy atom. The molecule has 0 amide bonds. The van der Waals surface area contributed by atoms with Crippen LogP contribution < -0.4 is 10.6 Å². The monoisotopic (exact) mass is 278 g/mol. The molecule has 6 nitrogen and oxygen atoms in total. The normalized spacial score (nSPS) is 23.5. The van der Waals surface area contributed by atoms with E-state index >= 15 is 0 Å². The van der Waals surface area contributed by atoms with Gasteiger partial charge in [0, 0.05) is 18.9 Å². The quantitative estimate of drug-likeness (QED) is 0.822. The lowest BCUT2D eigenvalue weighted by atomic mass is 9.94. The zero-order valence-electron chi connectivity index (χ0n) is 12.2. The van der Waals surface area contributed by atoms with Gasteiger partial charge in [-0.2, -0.15) is 0 Å². The number of esters is 1. The van der Waals surface area contributed by atoms with Gasteiger partial charge < -0.3 is 15.4 Å². The van der Waals surface area contributed by atoms with Gasteiger partial charge in [-0.25, -0.2) is 9.97 Å². The Morgan fingerprint density at radius 1 is 1.40 bits per heavy atom. The van der Waals surface area contributed by atoms with E-state index in [1.165, 1.54) is 0 Å². The highest BCUT2D eigenvalue weighted by atomic mass is 16.6. The van der Waals surface area contributed by atoms with Crippen molar-refractivity contribution in [3.63, 3.8) is 0 Å². The van der Waals surface area contributed by atoms with Gasteiger partial charge in [0.15, 0.2) is 0 Å². The van der Waals surface area contributed by atoms with E-state index in [1.807, 2.05) is 25.7 Å². The second-order valence-electron chi connectivity index (χ2n) is 6.01. The first kappa shape index (κ1) is 14.7. The van der Waals surface area contributed by atoms with Gasteiger partial charge in [0.25, 0.3) is 0 Å². The van der Waals surface area contributed by atoms with Gasteiger partial charge in [0.1, 0.15) is 5.60 Å². The van der Waals surface area contributed by atoms with Crippen molar-refractivity contribution >= 4 is 11.9 Å². The summed E-state index contributed by atoms with van der Waals surface area (Å²) in [6, 6.07) is 1.75. The molecule has 1 aromatic heterocycles. The molecule has 2 atom stereocenters. The van der Waals surface area contributed by atoms with Gasteiger partial charge in [-0.05, 0) is 39.7 Å². The average molecular weight is 278 g/mol. The Labute approximate surface area is 119 Å². The predicted molar refractivity (Wildman–Crippen MR) is 75.9 cm³/mol. The molecule has 110 valence electrons. The van der Waals surface area contributed by atoms with E-state index in [1.54, 1.807) is 18.5 Å². The molecule has 0 aliphatic carbocycles. The molecule has 0 spiro atoms. The van der Waals surface area contributed by atoms with Crippen molar-refractivity contribution in [2.24, 2.45) is 11.7 Å². The van der Waals surface area contributed by atoms with Crippen LogP contribution in [0, 0.1) is 5.92 Å². The Morgan fingerprint density at radius 3 is 2.65 bits per heavy atom. The Balaban J connectivity index is 2.11. The highest BCUT2D eigenvalue weighted by Gasteiger charge is 2.37. The molecule has 1 fully saturated rings. The summed E-state index contributed by atoms with van der Waals surface area (Å²) in [6.45, 7) is 6.33. The number of hydrogen-bond acceptors (Lipinski definition) is 6. The topological polar surface area (TPSA) is 81.3 Å². The van der Waals surface area contributed by atoms with E-state index < -0.39 is 11.8 Å². The Hall–Kier alpha value is -1.69. The fourth-order valence-corrected chi connectivity index (χ4v) is 2.33. The predicted octanol–water partition coefficient (Wildman–Crippen LogP) is 1.32. The SMILES string of the molecule is CC(C)(C)OC(=O)C1CCCN(c2ncccn2)C1N. The summed E-state index contributed by atoms with van der Waals surface area (Å²) in [5.41, 5.74) is 5.72. The van der Waals surface area contributed by atoms with Crippen LogP contribution in [0.5, 0.6) is 0 Å². The number of piperidine rings is 1. The van der Waals surface area contributed by atoms with Crippen molar-refractivity contribution in [2.45, 2.75) is 45.4 Å². The van der Waals surface area contributed by atoms with Gasteiger partial charge in [-0.3, -0.25) is 4.79 Å². The van der Waals surface area contributed by atoms with E-state index in [2.05, 4.69) is 9.97 Å². The van der Waals surface area contributed by atoms with Crippen molar-refractivity contribution < 1.29 is 9.53 Å². The number of nitrogens with zero attached hydrogens (tertiary/aromatic N) is 3. The zero-order chi connectivity index (χ0) is 14.8. The summed E-state index contributed by atoms with van der Waals surface area (Å²) in [5, 5.41) is 0. The van der Waals surface area contributed by atoms with Crippen molar-refractivity contribution in [2.75, 3.05) is 11.4 Å². The van der Waals surface area contributed by atoms with Crippen LogP contribution in [0.25, 0.3) is 0 Å². The van der Waals surface area contributed by atoms with Crippen LogP contribution in [0.2, 0.25) is 0 Å². The minimum atomic E-state index is -0.498. The summed E-state index contributed by atoms with van der Waals surface area (Å²) < 4.78 is 5.45. The molecule has 1 aliphatic heterocycles. The van der Waals surface area contributed by atoms with Crippen LogP contribution in [0.4, 0.5) is 5.95 Å².